The molecule has 0 aromatic heterocycles. The molecule has 0 spiro atoms. The van der Waals surface area contributed by atoms with Crippen molar-refractivity contribution in [3.8, 4) is 11.1 Å². The van der Waals surface area contributed by atoms with Crippen LogP contribution in [0.15, 0.2) is 153 Å². The molecule has 6 rings (SSSR count). The Hall–Kier alpha value is -6.50. The highest BCUT2D eigenvalue weighted by molar-refractivity contribution is 7.91. The molecule has 0 aliphatic rings. The fraction of sp³-hybridized carbons (Fsp3) is 0.0698. The van der Waals surface area contributed by atoms with E-state index in [0.29, 0.717) is 23.7 Å². The average Bonchev–Trinajstić information content (AvgIpc) is 3.17. The topological polar surface area (TPSA) is 161 Å². The number of sulfone groups is 2. The summed E-state index contributed by atoms with van der Waals surface area (Å²) in [7, 11) is -7.75. The van der Waals surface area contributed by atoms with Gasteiger partial charge in [0.2, 0.25) is 19.7 Å². The van der Waals surface area contributed by atoms with E-state index in [0.717, 1.165) is 11.1 Å². The van der Waals surface area contributed by atoms with Gasteiger partial charge in [0.15, 0.2) is 12.6 Å². The van der Waals surface area contributed by atoms with Crippen LogP contribution in [0.2, 0.25) is 0 Å². The Morgan fingerprint density at radius 1 is 0.473 bits per heavy atom. The summed E-state index contributed by atoms with van der Waals surface area (Å²) in [5.74, 6) is -1.33. The van der Waals surface area contributed by atoms with Crippen LogP contribution in [0.3, 0.4) is 0 Å². The second-order valence-corrected chi connectivity index (χ2v) is 16.3. The van der Waals surface area contributed by atoms with Crippen LogP contribution >= 0.6 is 0 Å². The second kappa shape index (κ2) is 16.3. The molecule has 2 N–H and O–H groups in total. The maximum atomic E-state index is 13.5. The van der Waals surface area contributed by atoms with Crippen molar-refractivity contribution in [1.82, 2.24) is 0 Å². The van der Waals surface area contributed by atoms with Crippen molar-refractivity contribution < 1.29 is 36.0 Å². The van der Waals surface area contributed by atoms with Gasteiger partial charge in [-0.05, 0) is 115 Å². The van der Waals surface area contributed by atoms with Gasteiger partial charge in [0.25, 0.3) is 11.8 Å². The van der Waals surface area contributed by atoms with E-state index in [2.05, 4.69) is 10.6 Å². The number of aldehydes is 2. The van der Waals surface area contributed by atoms with Gasteiger partial charge in [-0.1, -0.05) is 62.0 Å². The van der Waals surface area contributed by atoms with Crippen molar-refractivity contribution in [3.63, 3.8) is 0 Å². The zero-order valence-corrected chi connectivity index (χ0v) is 30.6. The molecular formula is C43H36N2O8S2. The normalized spacial score (nSPS) is 11.2. The first kappa shape index (κ1) is 39.7. The van der Waals surface area contributed by atoms with Crippen molar-refractivity contribution in [2.45, 2.75) is 40.9 Å². The Bertz CT molecular complexity index is 2710. The Kier molecular flexibility index (Phi) is 11.7. The zero-order chi connectivity index (χ0) is 38.6. The van der Waals surface area contributed by atoms with Gasteiger partial charge in [-0.25, -0.2) is 16.8 Å². The summed E-state index contributed by atoms with van der Waals surface area (Å²) in [6.07, 6.45) is 1.02. The van der Waals surface area contributed by atoms with Gasteiger partial charge in [-0.2, -0.15) is 0 Å². The molecule has 0 bridgehead atoms. The van der Waals surface area contributed by atoms with E-state index in [9.17, 15) is 36.0 Å². The number of anilines is 2. The molecule has 0 saturated heterocycles. The molecular weight excluding hydrogens is 737 g/mol. The van der Waals surface area contributed by atoms with Crippen molar-refractivity contribution in [2.75, 3.05) is 10.6 Å². The van der Waals surface area contributed by atoms with Crippen molar-refractivity contribution in [2.24, 2.45) is 0 Å². The van der Waals surface area contributed by atoms with Gasteiger partial charge >= 0.3 is 0 Å². The first-order valence-corrected chi connectivity index (χ1v) is 19.4. The van der Waals surface area contributed by atoms with Crippen LogP contribution in [0.25, 0.3) is 11.1 Å². The molecule has 12 heteroatoms. The van der Waals surface area contributed by atoms with E-state index in [4.69, 9.17) is 0 Å². The minimum atomic E-state index is -3.88. The monoisotopic (exact) mass is 772 g/mol. The number of carbonyl (C=O) groups excluding carboxylic acids is 4. The molecule has 278 valence electrons. The number of aryl methyl sites for hydroxylation is 2. The molecule has 6 aromatic rings. The predicted octanol–water partition coefficient (Wildman–Crippen LogP) is 8.40. The highest BCUT2D eigenvalue weighted by atomic mass is 32.2. The molecule has 0 aliphatic carbocycles. The molecule has 55 heavy (non-hydrogen) atoms. The summed E-state index contributed by atoms with van der Waals surface area (Å²) in [6, 6.07) is 33.5. The molecule has 0 atom stereocenters. The van der Waals surface area contributed by atoms with Crippen LogP contribution in [0, 0.1) is 13.8 Å². The maximum Gasteiger partial charge on any atom is 0.256 e. The van der Waals surface area contributed by atoms with Crippen LogP contribution < -0.4 is 10.6 Å². The number of nitrogens with one attached hydrogen (secondary N) is 2. The van der Waals surface area contributed by atoms with Crippen molar-refractivity contribution in [1.29, 1.82) is 0 Å². The Balaban J connectivity index is 0.00000580. The Morgan fingerprint density at radius 3 is 1.36 bits per heavy atom. The number of hydrogen-bond donors (Lipinski definition) is 2. The van der Waals surface area contributed by atoms with Crippen LogP contribution in [-0.2, 0) is 19.7 Å². The van der Waals surface area contributed by atoms with Crippen LogP contribution in [0.5, 0.6) is 0 Å². The number of amides is 2. The van der Waals surface area contributed by atoms with Crippen LogP contribution in [0.4, 0.5) is 11.4 Å². The summed E-state index contributed by atoms with van der Waals surface area (Å²) >= 11 is 0. The summed E-state index contributed by atoms with van der Waals surface area (Å²) < 4.78 is 53.1. The van der Waals surface area contributed by atoms with E-state index >= 15 is 0 Å². The summed E-state index contributed by atoms with van der Waals surface area (Å²) in [4.78, 5) is 51.2. The van der Waals surface area contributed by atoms with Gasteiger partial charge in [0.05, 0.1) is 30.7 Å². The maximum absolute atomic E-state index is 13.5. The van der Waals surface area contributed by atoms with E-state index in [1.807, 2.05) is 0 Å². The molecule has 0 heterocycles. The Morgan fingerprint density at radius 2 is 0.891 bits per heavy atom. The molecule has 0 unspecified atom stereocenters. The lowest BCUT2D eigenvalue weighted by Gasteiger charge is -2.13. The third kappa shape index (κ3) is 8.51. The van der Waals surface area contributed by atoms with Gasteiger partial charge in [-0.15, -0.1) is 0 Å². The second-order valence-electron chi connectivity index (χ2n) is 12.4. The van der Waals surface area contributed by atoms with Gasteiger partial charge in [0.1, 0.15) is 0 Å². The largest absolute Gasteiger partial charge is 0.322 e. The SMILES string of the molecule is C.Cc1cccc(S(=O)(=O)c2cccc(NC(=O)c3ccc(-c4ccc(C=O)c(C(=O)Nc5cccc(S(=O)(=O)c6cccc(C)c6)c5)c4)cc3C=O)c2)c1. The molecule has 0 fully saturated rings. The molecule has 6 aromatic carbocycles. The smallest absolute Gasteiger partial charge is 0.256 e. The third-order valence-electron chi connectivity index (χ3n) is 8.59. The molecule has 0 radical (unpaired) electrons. The lowest BCUT2D eigenvalue weighted by atomic mass is 9.96. The predicted molar refractivity (Wildman–Crippen MR) is 211 cm³/mol. The van der Waals surface area contributed by atoms with Gasteiger partial charge in [0, 0.05) is 22.5 Å². The highest BCUT2D eigenvalue weighted by Gasteiger charge is 2.22. The van der Waals surface area contributed by atoms with Crippen LogP contribution in [0.1, 0.15) is 60.0 Å². The van der Waals surface area contributed by atoms with E-state index in [1.54, 1.807) is 62.4 Å². The van der Waals surface area contributed by atoms with E-state index < -0.39 is 31.5 Å². The van der Waals surface area contributed by atoms with Crippen LogP contribution in [-0.4, -0.2) is 41.2 Å². The minimum absolute atomic E-state index is 0. The number of benzene rings is 6. The average molecular weight is 773 g/mol. The standard InChI is InChI=1S/C42H32N2O8S2.CH4/c1-27-7-3-11-35(19-27)53(49,50)37-13-5-9-33(23-37)43-41(47)39-18-17-29(21-32(39)26-46)30-15-16-31(25-45)40(22-30)42(48)44-34-10-6-14-38(24-34)54(51,52)36-12-4-8-28(2)20-36;/h3-26H,1-2H3,(H,43,47)(H,44,48);1H4. The number of hydrogen-bond acceptors (Lipinski definition) is 8. The first-order chi connectivity index (χ1) is 25.8. The third-order valence-corrected chi connectivity index (χ3v) is 12.1. The fourth-order valence-corrected chi connectivity index (χ4v) is 8.62. The highest BCUT2D eigenvalue weighted by Crippen LogP contribution is 2.29. The fourth-order valence-electron chi connectivity index (χ4n) is 5.80. The van der Waals surface area contributed by atoms with E-state index in [-0.39, 0.29) is 60.6 Å². The lowest BCUT2D eigenvalue weighted by molar-refractivity contribution is 0.101. The molecule has 0 aliphatic heterocycles. The van der Waals surface area contributed by atoms with Crippen molar-refractivity contribution in [3.05, 3.63) is 167 Å². The first-order valence-electron chi connectivity index (χ1n) is 16.5. The molecule has 0 saturated carbocycles. The minimum Gasteiger partial charge on any atom is -0.322 e. The zero-order valence-electron chi connectivity index (χ0n) is 28.9. The quantitative estimate of drug-likeness (QED) is 0.124. The summed E-state index contributed by atoms with van der Waals surface area (Å²) in [5, 5.41) is 5.34. The number of carbonyl (C=O) groups is 4. The number of rotatable bonds is 11. The van der Waals surface area contributed by atoms with Gasteiger partial charge < -0.3 is 10.6 Å². The van der Waals surface area contributed by atoms with Gasteiger partial charge in [-0.3, -0.25) is 19.2 Å². The van der Waals surface area contributed by atoms with E-state index in [1.165, 1.54) is 84.9 Å². The molecule has 10 nitrogen and oxygen atoms in total. The Labute approximate surface area is 319 Å². The van der Waals surface area contributed by atoms with Crippen molar-refractivity contribution >= 4 is 55.4 Å². The lowest BCUT2D eigenvalue weighted by Crippen LogP contribution is -2.15. The molecule has 2 amide bonds. The summed E-state index contributed by atoms with van der Waals surface area (Å²) in [5.41, 5.74) is 2.94. The summed E-state index contributed by atoms with van der Waals surface area (Å²) in [6.45, 7) is 3.57.